The van der Waals surface area contributed by atoms with Gasteiger partial charge in [0.15, 0.2) is 0 Å². The molecule has 2 rings (SSSR count). The monoisotopic (exact) mass is 252 g/mol. The highest BCUT2D eigenvalue weighted by atomic mass is 19.1. The van der Waals surface area contributed by atoms with E-state index in [0.717, 1.165) is 19.1 Å². The van der Waals surface area contributed by atoms with Crippen LogP contribution in [0.2, 0.25) is 0 Å². The van der Waals surface area contributed by atoms with Gasteiger partial charge in [-0.25, -0.2) is 4.39 Å². The van der Waals surface area contributed by atoms with Crippen molar-refractivity contribution in [3.8, 4) is 0 Å². The molecule has 2 atom stereocenters. The van der Waals surface area contributed by atoms with Crippen LogP contribution in [0.4, 0.5) is 10.1 Å². The van der Waals surface area contributed by atoms with Gasteiger partial charge in [-0.15, -0.1) is 0 Å². The van der Waals surface area contributed by atoms with E-state index in [1.54, 1.807) is 0 Å². The molecule has 0 aromatic heterocycles. The molecule has 0 saturated carbocycles. The molecule has 18 heavy (non-hydrogen) atoms. The number of carbonyl (C=O) groups excluding carboxylic acids is 1. The number of anilines is 1. The van der Waals surface area contributed by atoms with Crippen LogP contribution >= 0.6 is 0 Å². The van der Waals surface area contributed by atoms with Crippen molar-refractivity contribution in [2.45, 2.75) is 19.4 Å². The molecule has 98 valence electrons. The van der Waals surface area contributed by atoms with Crippen molar-refractivity contribution in [3.05, 3.63) is 29.6 Å². The van der Waals surface area contributed by atoms with Crippen LogP contribution < -0.4 is 11.1 Å². The number of nitrogens with two attached hydrogens (primary N) is 1. The zero-order chi connectivity index (χ0) is 13.1. The van der Waals surface area contributed by atoms with E-state index in [2.05, 4.69) is 5.32 Å². The smallest absolute Gasteiger partial charge is 0.251 e. The number of carbonyl (C=O) groups is 1. The molecular weight excluding hydrogens is 235 g/mol. The molecule has 0 spiro atoms. The molecule has 1 saturated heterocycles. The molecule has 1 heterocycles. The molecule has 0 radical (unpaired) electrons. The normalized spacial score (nSPS) is 23.0. The SMILES string of the molecule is CC1OCCC1CNC(=O)c1ccc(N)c(F)c1. The number of amides is 1. The van der Waals surface area contributed by atoms with Crippen molar-refractivity contribution in [2.24, 2.45) is 5.92 Å². The summed E-state index contributed by atoms with van der Waals surface area (Å²) in [5, 5.41) is 2.79. The Balaban J connectivity index is 1.93. The van der Waals surface area contributed by atoms with Gasteiger partial charge in [0.05, 0.1) is 11.8 Å². The number of ether oxygens (including phenoxy) is 1. The molecule has 3 N–H and O–H groups in total. The van der Waals surface area contributed by atoms with Gasteiger partial charge in [-0.1, -0.05) is 0 Å². The van der Waals surface area contributed by atoms with Crippen LogP contribution in [0, 0.1) is 11.7 Å². The Morgan fingerprint density at radius 3 is 3.00 bits per heavy atom. The molecule has 1 aromatic rings. The second-order valence-corrected chi connectivity index (χ2v) is 4.57. The van der Waals surface area contributed by atoms with Crippen LogP contribution in [-0.2, 0) is 4.74 Å². The van der Waals surface area contributed by atoms with Gasteiger partial charge in [0.2, 0.25) is 0 Å². The summed E-state index contributed by atoms with van der Waals surface area (Å²) in [7, 11) is 0. The maximum Gasteiger partial charge on any atom is 0.251 e. The largest absolute Gasteiger partial charge is 0.396 e. The highest BCUT2D eigenvalue weighted by Crippen LogP contribution is 2.19. The maximum absolute atomic E-state index is 13.2. The van der Waals surface area contributed by atoms with Gasteiger partial charge in [-0.3, -0.25) is 4.79 Å². The van der Waals surface area contributed by atoms with Crippen LogP contribution in [0.1, 0.15) is 23.7 Å². The Labute approximate surface area is 105 Å². The van der Waals surface area contributed by atoms with Crippen molar-refractivity contribution in [2.75, 3.05) is 18.9 Å². The summed E-state index contributed by atoms with van der Waals surface area (Å²) in [6.07, 6.45) is 1.10. The second kappa shape index (κ2) is 5.35. The number of rotatable bonds is 3. The molecule has 1 aromatic carbocycles. The van der Waals surface area contributed by atoms with E-state index in [1.165, 1.54) is 12.1 Å². The van der Waals surface area contributed by atoms with Crippen LogP contribution in [0.5, 0.6) is 0 Å². The predicted octanol–water partition coefficient (Wildman–Crippen LogP) is 1.56. The van der Waals surface area contributed by atoms with E-state index < -0.39 is 5.82 Å². The molecule has 2 unspecified atom stereocenters. The van der Waals surface area contributed by atoms with Gasteiger partial charge in [0.25, 0.3) is 5.91 Å². The Bertz CT molecular complexity index is 451. The lowest BCUT2D eigenvalue weighted by molar-refractivity contribution is 0.0907. The Kier molecular flexibility index (Phi) is 3.81. The topological polar surface area (TPSA) is 64.3 Å². The highest BCUT2D eigenvalue weighted by Gasteiger charge is 2.24. The Hall–Kier alpha value is -1.62. The van der Waals surface area contributed by atoms with Crippen molar-refractivity contribution < 1.29 is 13.9 Å². The summed E-state index contributed by atoms with van der Waals surface area (Å²) < 4.78 is 18.6. The van der Waals surface area contributed by atoms with Gasteiger partial charge >= 0.3 is 0 Å². The third-order valence-electron chi connectivity index (χ3n) is 3.32. The van der Waals surface area contributed by atoms with E-state index in [0.29, 0.717) is 12.5 Å². The number of hydrogen-bond donors (Lipinski definition) is 2. The molecule has 1 fully saturated rings. The highest BCUT2D eigenvalue weighted by molar-refractivity contribution is 5.94. The van der Waals surface area contributed by atoms with E-state index in [1.807, 2.05) is 6.92 Å². The number of halogens is 1. The average molecular weight is 252 g/mol. The first-order valence-electron chi connectivity index (χ1n) is 6.02. The summed E-state index contributed by atoms with van der Waals surface area (Å²) in [4.78, 5) is 11.8. The molecule has 0 aliphatic carbocycles. The van der Waals surface area contributed by atoms with Crippen molar-refractivity contribution in [3.63, 3.8) is 0 Å². The molecule has 1 aliphatic heterocycles. The first kappa shape index (κ1) is 12.8. The number of nitrogen functional groups attached to an aromatic ring is 1. The molecule has 1 aliphatic rings. The van der Waals surface area contributed by atoms with Crippen molar-refractivity contribution >= 4 is 11.6 Å². The summed E-state index contributed by atoms with van der Waals surface area (Å²) >= 11 is 0. The predicted molar refractivity (Wildman–Crippen MR) is 66.7 cm³/mol. The summed E-state index contributed by atoms with van der Waals surface area (Å²) in [5.41, 5.74) is 5.69. The number of nitrogens with one attached hydrogen (secondary N) is 1. The summed E-state index contributed by atoms with van der Waals surface area (Å²) in [6, 6.07) is 4.06. The zero-order valence-corrected chi connectivity index (χ0v) is 10.3. The fourth-order valence-electron chi connectivity index (χ4n) is 2.04. The summed E-state index contributed by atoms with van der Waals surface area (Å²) in [5.74, 6) is -0.527. The fourth-order valence-corrected chi connectivity index (χ4v) is 2.04. The van der Waals surface area contributed by atoms with E-state index in [-0.39, 0.29) is 23.3 Å². The van der Waals surface area contributed by atoms with Gasteiger partial charge in [-0.05, 0) is 31.5 Å². The number of benzene rings is 1. The lowest BCUT2D eigenvalue weighted by atomic mass is 10.0. The van der Waals surface area contributed by atoms with Gasteiger partial charge in [0.1, 0.15) is 5.82 Å². The lowest BCUT2D eigenvalue weighted by Gasteiger charge is -2.14. The third kappa shape index (κ3) is 2.79. The van der Waals surface area contributed by atoms with E-state index in [9.17, 15) is 9.18 Å². The minimum atomic E-state index is -0.569. The van der Waals surface area contributed by atoms with Crippen LogP contribution in [0.25, 0.3) is 0 Å². The zero-order valence-electron chi connectivity index (χ0n) is 10.3. The molecule has 5 heteroatoms. The minimum Gasteiger partial charge on any atom is -0.396 e. The first-order chi connectivity index (χ1) is 8.58. The molecule has 0 bridgehead atoms. The van der Waals surface area contributed by atoms with Gasteiger partial charge < -0.3 is 15.8 Å². The first-order valence-corrected chi connectivity index (χ1v) is 6.02. The summed E-state index contributed by atoms with van der Waals surface area (Å²) in [6.45, 7) is 3.27. The average Bonchev–Trinajstić information content (AvgIpc) is 2.75. The molecule has 1 amide bonds. The molecular formula is C13H17FN2O2. The fraction of sp³-hybridized carbons (Fsp3) is 0.462. The Morgan fingerprint density at radius 2 is 2.39 bits per heavy atom. The second-order valence-electron chi connectivity index (χ2n) is 4.57. The quantitative estimate of drug-likeness (QED) is 0.802. The van der Waals surface area contributed by atoms with Crippen molar-refractivity contribution in [1.82, 2.24) is 5.32 Å². The van der Waals surface area contributed by atoms with Crippen LogP contribution in [0.3, 0.4) is 0 Å². The van der Waals surface area contributed by atoms with E-state index >= 15 is 0 Å². The van der Waals surface area contributed by atoms with Crippen molar-refractivity contribution in [1.29, 1.82) is 0 Å². The van der Waals surface area contributed by atoms with Crippen LogP contribution in [0.15, 0.2) is 18.2 Å². The standard InChI is InChI=1S/C13H17FN2O2/c1-8-10(4-5-18-8)7-16-13(17)9-2-3-12(15)11(14)6-9/h2-3,6,8,10H,4-5,7,15H2,1H3,(H,16,17). The molecule has 4 nitrogen and oxygen atoms in total. The maximum atomic E-state index is 13.2. The third-order valence-corrected chi connectivity index (χ3v) is 3.32. The lowest BCUT2D eigenvalue weighted by Crippen LogP contribution is -2.32. The van der Waals surface area contributed by atoms with Gasteiger partial charge in [-0.2, -0.15) is 0 Å². The Morgan fingerprint density at radius 1 is 1.61 bits per heavy atom. The van der Waals surface area contributed by atoms with E-state index in [4.69, 9.17) is 10.5 Å². The van der Waals surface area contributed by atoms with Crippen LogP contribution in [-0.4, -0.2) is 25.2 Å². The minimum absolute atomic E-state index is 0.0457. The number of hydrogen-bond acceptors (Lipinski definition) is 3. The van der Waals surface area contributed by atoms with Gasteiger partial charge in [0, 0.05) is 24.6 Å².